The van der Waals surface area contributed by atoms with Crippen molar-refractivity contribution in [2.24, 2.45) is 11.3 Å². The Kier molecular flexibility index (Phi) is 8.25. The molecule has 3 rings (SSSR count). The van der Waals surface area contributed by atoms with Crippen molar-refractivity contribution in [2.45, 2.75) is 40.5 Å². The normalized spacial score (nSPS) is 15.2. The summed E-state index contributed by atoms with van der Waals surface area (Å²) in [5.41, 5.74) is 2.73. The van der Waals surface area contributed by atoms with Gasteiger partial charge in [-0.3, -0.25) is 4.79 Å². The number of benzene rings is 2. The van der Waals surface area contributed by atoms with E-state index in [4.69, 9.17) is 11.6 Å². The van der Waals surface area contributed by atoms with Crippen molar-refractivity contribution >= 4 is 40.6 Å². The van der Waals surface area contributed by atoms with Gasteiger partial charge in [0.05, 0.1) is 0 Å². The number of carbonyl (C=O) groups is 2. The number of piperazine rings is 1. The number of anilines is 3. The van der Waals surface area contributed by atoms with Crippen LogP contribution in [0.15, 0.2) is 48.5 Å². The molecule has 6 nitrogen and oxygen atoms in total. The molecule has 1 fully saturated rings. The molecule has 1 heterocycles. The van der Waals surface area contributed by atoms with Gasteiger partial charge < -0.3 is 20.4 Å². The number of hydrogen-bond donors (Lipinski definition) is 2. The molecule has 1 aliphatic heterocycles. The summed E-state index contributed by atoms with van der Waals surface area (Å²) in [7, 11) is 0. The van der Waals surface area contributed by atoms with E-state index < -0.39 is 0 Å². The van der Waals surface area contributed by atoms with Gasteiger partial charge in [-0.25, -0.2) is 4.79 Å². The molecule has 3 amide bonds. The predicted molar refractivity (Wildman–Crippen MR) is 137 cm³/mol. The van der Waals surface area contributed by atoms with Crippen LogP contribution in [0.4, 0.5) is 21.9 Å². The molecule has 2 aromatic carbocycles. The zero-order valence-corrected chi connectivity index (χ0v) is 20.8. The second-order valence-electron chi connectivity index (χ2n) is 10.1. The first kappa shape index (κ1) is 24.9. The molecule has 1 saturated heterocycles. The molecule has 1 aliphatic rings. The van der Waals surface area contributed by atoms with Crippen molar-refractivity contribution in [1.82, 2.24) is 4.90 Å². The quantitative estimate of drug-likeness (QED) is 0.536. The highest BCUT2D eigenvalue weighted by molar-refractivity contribution is 6.30. The van der Waals surface area contributed by atoms with Gasteiger partial charge in [-0.05, 0) is 66.3 Å². The summed E-state index contributed by atoms with van der Waals surface area (Å²) in [4.78, 5) is 29.2. The molecule has 0 aliphatic carbocycles. The summed E-state index contributed by atoms with van der Waals surface area (Å²) in [6.45, 7) is 11.9. The predicted octanol–water partition coefficient (Wildman–Crippen LogP) is 6.10. The van der Waals surface area contributed by atoms with E-state index in [1.54, 1.807) is 24.3 Å². The summed E-state index contributed by atoms with van der Waals surface area (Å²) in [5, 5.41) is 6.24. The van der Waals surface area contributed by atoms with E-state index >= 15 is 0 Å². The van der Waals surface area contributed by atoms with Crippen molar-refractivity contribution in [3.05, 3.63) is 53.6 Å². The first-order valence-electron chi connectivity index (χ1n) is 11.6. The van der Waals surface area contributed by atoms with Crippen LogP contribution in [-0.4, -0.2) is 43.0 Å². The molecule has 0 saturated carbocycles. The van der Waals surface area contributed by atoms with Crippen LogP contribution in [0.5, 0.6) is 0 Å². The van der Waals surface area contributed by atoms with Gasteiger partial charge in [-0.2, -0.15) is 0 Å². The van der Waals surface area contributed by atoms with Crippen LogP contribution in [0.2, 0.25) is 5.02 Å². The summed E-state index contributed by atoms with van der Waals surface area (Å²) in [6, 6.07) is 14.4. The van der Waals surface area contributed by atoms with Crippen LogP contribution < -0.4 is 15.5 Å². The van der Waals surface area contributed by atoms with Gasteiger partial charge >= 0.3 is 6.03 Å². The molecular weight excluding hydrogens is 436 g/mol. The molecule has 178 valence electrons. The van der Waals surface area contributed by atoms with Gasteiger partial charge in [-0.15, -0.1) is 0 Å². The molecule has 0 radical (unpaired) electrons. The Balaban J connectivity index is 1.45. The van der Waals surface area contributed by atoms with Crippen LogP contribution >= 0.6 is 11.6 Å². The first-order chi connectivity index (χ1) is 15.6. The second kappa shape index (κ2) is 10.9. The molecule has 7 heteroatoms. The summed E-state index contributed by atoms with van der Waals surface area (Å²) >= 11 is 5.87. The molecule has 2 N–H and O–H groups in total. The lowest BCUT2D eigenvalue weighted by molar-refractivity contribution is -0.132. The molecule has 0 spiro atoms. The zero-order valence-electron chi connectivity index (χ0n) is 20.0. The van der Waals surface area contributed by atoms with E-state index in [0.717, 1.165) is 38.3 Å². The van der Waals surface area contributed by atoms with E-state index in [0.29, 0.717) is 28.7 Å². The molecular formula is C26H35ClN4O2. The first-order valence-corrected chi connectivity index (χ1v) is 11.9. The molecule has 2 aromatic rings. The third-order valence-electron chi connectivity index (χ3n) is 5.71. The lowest BCUT2D eigenvalue weighted by atomic mass is 9.84. The molecule has 1 atom stereocenters. The van der Waals surface area contributed by atoms with Crippen molar-refractivity contribution in [2.75, 3.05) is 41.7 Å². The molecule has 0 bridgehead atoms. The number of halogens is 1. The SMILES string of the molecule is CC(CC(=O)N1CCN(c2ccc(NC(=O)Nc3ccc(Cl)cc3)cc2)CC1)CC(C)(C)C. The number of nitrogens with zero attached hydrogens (tertiary/aromatic N) is 2. The average Bonchev–Trinajstić information content (AvgIpc) is 2.74. The minimum absolute atomic E-state index is 0.246. The topological polar surface area (TPSA) is 64.7 Å². The Morgan fingerprint density at radius 2 is 1.42 bits per heavy atom. The maximum absolute atomic E-state index is 12.7. The standard InChI is InChI=1S/C26H35ClN4O2/c1-19(18-26(2,3)4)17-24(32)31-15-13-30(14-16-31)23-11-9-22(10-12-23)29-25(33)28-21-7-5-20(27)6-8-21/h5-12,19H,13-18H2,1-4H3,(H2,28,29,33). The Morgan fingerprint density at radius 3 is 1.94 bits per heavy atom. The fourth-order valence-corrected chi connectivity index (χ4v) is 4.47. The molecule has 0 aromatic heterocycles. The number of hydrogen-bond acceptors (Lipinski definition) is 3. The summed E-state index contributed by atoms with van der Waals surface area (Å²) in [5.74, 6) is 0.658. The van der Waals surface area contributed by atoms with E-state index in [1.165, 1.54) is 0 Å². The second-order valence-corrected chi connectivity index (χ2v) is 10.5. The highest BCUT2D eigenvalue weighted by Crippen LogP contribution is 2.27. The summed E-state index contributed by atoms with van der Waals surface area (Å²) in [6.07, 6.45) is 1.67. The van der Waals surface area contributed by atoms with Crippen LogP contribution in [0.25, 0.3) is 0 Å². The average molecular weight is 471 g/mol. The Hall–Kier alpha value is -2.73. The number of urea groups is 1. The number of rotatable bonds is 6. The van der Waals surface area contributed by atoms with Gasteiger partial charge in [-0.1, -0.05) is 39.3 Å². The largest absolute Gasteiger partial charge is 0.368 e. The van der Waals surface area contributed by atoms with Gasteiger partial charge in [0.15, 0.2) is 0 Å². The van der Waals surface area contributed by atoms with E-state index in [1.807, 2.05) is 29.2 Å². The third-order valence-corrected chi connectivity index (χ3v) is 5.96. The Bertz CT molecular complexity index is 930. The van der Waals surface area contributed by atoms with Gasteiger partial charge in [0.25, 0.3) is 0 Å². The summed E-state index contributed by atoms with van der Waals surface area (Å²) < 4.78 is 0. The van der Waals surface area contributed by atoms with Crippen molar-refractivity contribution in [1.29, 1.82) is 0 Å². The minimum atomic E-state index is -0.308. The van der Waals surface area contributed by atoms with Crippen molar-refractivity contribution in [3.63, 3.8) is 0 Å². The maximum Gasteiger partial charge on any atom is 0.323 e. The highest BCUT2D eigenvalue weighted by Gasteiger charge is 2.24. The fourth-order valence-electron chi connectivity index (χ4n) is 4.34. The van der Waals surface area contributed by atoms with E-state index in [9.17, 15) is 9.59 Å². The van der Waals surface area contributed by atoms with Gasteiger partial charge in [0.1, 0.15) is 0 Å². The minimum Gasteiger partial charge on any atom is -0.368 e. The Labute approximate surface area is 202 Å². The Morgan fingerprint density at radius 1 is 0.909 bits per heavy atom. The van der Waals surface area contributed by atoms with E-state index in [-0.39, 0.29) is 17.4 Å². The fraction of sp³-hybridized carbons (Fsp3) is 0.462. The highest BCUT2D eigenvalue weighted by atomic mass is 35.5. The lowest BCUT2D eigenvalue weighted by Crippen LogP contribution is -2.49. The third kappa shape index (κ3) is 7.97. The zero-order chi connectivity index (χ0) is 24.0. The van der Waals surface area contributed by atoms with Gasteiger partial charge in [0, 0.05) is 54.7 Å². The maximum atomic E-state index is 12.7. The lowest BCUT2D eigenvalue weighted by Gasteiger charge is -2.37. The smallest absolute Gasteiger partial charge is 0.323 e. The van der Waals surface area contributed by atoms with Gasteiger partial charge in [0.2, 0.25) is 5.91 Å². The molecule has 33 heavy (non-hydrogen) atoms. The van der Waals surface area contributed by atoms with Crippen molar-refractivity contribution in [3.8, 4) is 0 Å². The van der Waals surface area contributed by atoms with Crippen molar-refractivity contribution < 1.29 is 9.59 Å². The number of amides is 3. The van der Waals surface area contributed by atoms with Crippen LogP contribution in [0, 0.1) is 11.3 Å². The van der Waals surface area contributed by atoms with E-state index in [2.05, 4.69) is 43.2 Å². The van der Waals surface area contributed by atoms with Crippen LogP contribution in [0.1, 0.15) is 40.5 Å². The number of nitrogens with one attached hydrogen (secondary N) is 2. The number of carbonyl (C=O) groups excluding carboxylic acids is 2. The van der Waals surface area contributed by atoms with Crippen LogP contribution in [0.3, 0.4) is 0 Å². The molecule has 1 unspecified atom stereocenters. The monoisotopic (exact) mass is 470 g/mol. The van der Waals surface area contributed by atoms with Crippen LogP contribution in [-0.2, 0) is 4.79 Å².